The van der Waals surface area contributed by atoms with Crippen molar-refractivity contribution in [2.24, 2.45) is 0 Å². The number of hydrogen-bond donors (Lipinski definition) is 0. The molecule has 0 atom stereocenters. The summed E-state index contributed by atoms with van der Waals surface area (Å²) in [5, 5.41) is 0. The third-order valence-corrected chi connectivity index (χ3v) is 10.2. The van der Waals surface area contributed by atoms with Crippen molar-refractivity contribution in [3.63, 3.8) is 0 Å². The lowest BCUT2D eigenvalue weighted by Gasteiger charge is -2.05. The van der Waals surface area contributed by atoms with E-state index in [1.165, 1.54) is 36.4 Å². The Morgan fingerprint density at radius 1 is 0.429 bits per heavy atom. The van der Waals surface area contributed by atoms with Crippen molar-refractivity contribution in [1.29, 1.82) is 0 Å². The van der Waals surface area contributed by atoms with Crippen LogP contribution in [-0.4, -0.2) is 16.8 Å². The molecule has 8 heteroatoms. The molecule has 0 saturated heterocycles. The Morgan fingerprint density at radius 2 is 0.738 bits per heavy atom. The normalized spacial score (nSPS) is 12.1. The van der Waals surface area contributed by atoms with Gasteiger partial charge in [-0.25, -0.2) is 16.8 Å². The van der Waals surface area contributed by atoms with Crippen molar-refractivity contribution >= 4 is 31.8 Å². The summed E-state index contributed by atoms with van der Waals surface area (Å²) < 4.78 is 66.5. The third-order valence-electron chi connectivity index (χ3n) is 6.60. The van der Waals surface area contributed by atoms with E-state index >= 15 is 0 Å². The molecule has 6 nitrogen and oxygen atoms in total. The van der Waals surface area contributed by atoms with Crippen LogP contribution in [0.1, 0.15) is 11.5 Å². The molecule has 0 aliphatic carbocycles. The van der Waals surface area contributed by atoms with Crippen LogP contribution < -0.4 is 0 Å². The van der Waals surface area contributed by atoms with Gasteiger partial charge < -0.3 is 8.83 Å². The van der Waals surface area contributed by atoms with Crippen molar-refractivity contribution in [2.45, 2.75) is 19.6 Å². The smallest absolute Gasteiger partial charge is 0.210 e. The van der Waals surface area contributed by atoms with Crippen LogP contribution in [0.2, 0.25) is 0 Å². The second kappa shape index (κ2) is 11.2. The molecular formula is C34H24O6S2. The van der Waals surface area contributed by atoms with Crippen LogP contribution in [-0.2, 0) is 19.7 Å². The van der Waals surface area contributed by atoms with Crippen molar-refractivity contribution < 1.29 is 25.7 Å². The summed E-state index contributed by atoms with van der Waals surface area (Å²) in [6.45, 7) is 0. The Bertz CT molecular complexity index is 1920. The second-order valence-electron chi connectivity index (χ2n) is 9.38. The van der Waals surface area contributed by atoms with Crippen molar-refractivity contribution in [3.8, 4) is 22.6 Å². The van der Waals surface area contributed by atoms with E-state index in [1.54, 1.807) is 97.1 Å². The maximum absolute atomic E-state index is 13.6. The highest BCUT2D eigenvalue weighted by Gasteiger charge is 2.28. The highest BCUT2D eigenvalue weighted by Crippen LogP contribution is 2.37. The Morgan fingerprint density at radius 3 is 1.07 bits per heavy atom. The van der Waals surface area contributed by atoms with Crippen LogP contribution in [0.5, 0.6) is 0 Å². The Balaban J connectivity index is 1.44. The maximum Gasteiger partial charge on any atom is 0.210 e. The zero-order valence-corrected chi connectivity index (χ0v) is 23.8. The second-order valence-corrected chi connectivity index (χ2v) is 13.2. The van der Waals surface area contributed by atoms with E-state index in [-0.39, 0.29) is 42.6 Å². The summed E-state index contributed by atoms with van der Waals surface area (Å²) in [5.74, 6) is 0.925. The van der Waals surface area contributed by atoms with Crippen LogP contribution >= 0.6 is 0 Å². The molecule has 0 aliphatic rings. The van der Waals surface area contributed by atoms with Crippen LogP contribution in [0.3, 0.4) is 0 Å². The molecular weight excluding hydrogens is 569 g/mol. The highest BCUT2D eigenvalue weighted by atomic mass is 32.2. The molecule has 6 rings (SSSR count). The molecule has 0 bridgehead atoms. The topological polar surface area (TPSA) is 94.6 Å². The van der Waals surface area contributed by atoms with Crippen LogP contribution in [0.15, 0.2) is 162 Å². The first-order chi connectivity index (χ1) is 20.3. The van der Waals surface area contributed by atoms with Crippen molar-refractivity contribution in [1.82, 2.24) is 0 Å². The Labute approximate surface area is 244 Å². The lowest BCUT2D eigenvalue weighted by molar-refractivity contribution is 0.558. The van der Waals surface area contributed by atoms with E-state index < -0.39 is 19.7 Å². The summed E-state index contributed by atoms with van der Waals surface area (Å²) in [6, 6.07) is 37.2. The van der Waals surface area contributed by atoms with Crippen molar-refractivity contribution in [2.75, 3.05) is 0 Å². The zero-order valence-electron chi connectivity index (χ0n) is 22.1. The molecule has 208 valence electrons. The van der Waals surface area contributed by atoms with Gasteiger partial charge in [0.1, 0.15) is 21.3 Å². The van der Waals surface area contributed by atoms with Gasteiger partial charge in [0, 0.05) is 23.3 Å². The van der Waals surface area contributed by atoms with Crippen molar-refractivity contribution in [3.05, 3.63) is 145 Å². The Hall–Kier alpha value is -4.92. The molecule has 2 heterocycles. The minimum atomic E-state index is -3.90. The van der Waals surface area contributed by atoms with Crippen LogP contribution in [0.25, 0.3) is 34.8 Å². The largest absolute Gasteiger partial charge is 0.455 e. The lowest BCUT2D eigenvalue weighted by Crippen LogP contribution is -2.01. The fraction of sp³-hybridized carbons (Fsp3) is 0. The van der Waals surface area contributed by atoms with Gasteiger partial charge in [0.2, 0.25) is 19.7 Å². The van der Waals surface area contributed by atoms with Gasteiger partial charge >= 0.3 is 0 Å². The standard InChI is InChI=1S/C34H24O6S2/c35-41(36,29-17-9-3-10-18-29)31-23-27(39-33(31)25-13-5-1-6-14-25)21-22-28-24-32(34(40-28)26-15-7-2-8-16-26)42(37,38)30-19-11-4-12-20-30/h1-24H/b22-21+. The molecule has 0 spiro atoms. The predicted octanol–water partition coefficient (Wildman–Crippen LogP) is 8.04. The predicted molar refractivity (Wildman–Crippen MR) is 161 cm³/mol. The van der Waals surface area contributed by atoms with Crippen LogP contribution in [0.4, 0.5) is 0 Å². The fourth-order valence-corrected chi connectivity index (χ4v) is 7.44. The average molecular weight is 593 g/mol. The average Bonchev–Trinajstić information content (AvgIpc) is 3.68. The first kappa shape index (κ1) is 27.3. The van der Waals surface area contributed by atoms with E-state index in [0.29, 0.717) is 11.1 Å². The van der Waals surface area contributed by atoms with Gasteiger partial charge in [-0.2, -0.15) is 0 Å². The first-order valence-corrected chi connectivity index (χ1v) is 16.0. The zero-order chi connectivity index (χ0) is 29.2. The number of hydrogen-bond acceptors (Lipinski definition) is 6. The number of furan rings is 2. The molecule has 0 radical (unpaired) electrons. The fourth-order valence-electron chi connectivity index (χ4n) is 4.55. The van der Waals surface area contributed by atoms with Gasteiger partial charge in [-0.15, -0.1) is 0 Å². The number of benzene rings is 4. The van der Waals surface area contributed by atoms with E-state index in [2.05, 4.69) is 0 Å². The van der Waals surface area contributed by atoms with E-state index in [1.807, 2.05) is 12.1 Å². The molecule has 0 N–H and O–H groups in total. The summed E-state index contributed by atoms with van der Waals surface area (Å²) in [4.78, 5) is 0.341. The quantitative estimate of drug-likeness (QED) is 0.178. The molecule has 0 fully saturated rings. The minimum Gasteiger partial charge on any atom is -0.455 e. The summed E-state index contributed by atoms with van der Waals surface area (Å²) in [6.07, 6.45) is 3.12. The molecule has 0 saturated carbocycles. The number of rotatable bonds is 8. The monoisotopic (exact) mass is 592 g/mol. The van der Waals surface area contributed by atoms with E-state index in [9.17, 15) is 16.8 Å². The molecule has 0 amide bonds. The molecule has 42 heavy (non-hydrogen) atoms. The van der Waals surface area contributed by atoms with Gasteiger partial charge in [0.15, 0.2) is 11.5 Å². The van der Waals surface area contributed by atoms with Gasteiger partial charge in [0.25, 0.3) is 0 Å². The lowest BCUT2D eigenvalue weighted by atomic mass is 10.2. The number of sulfone groups is 2. The summed E-state index contributed by atoms with van der Waals surface area (Å²) in [7, 11) is -7.80. The van der Waals surface area contributed by atoms with Crippen LogP contribution in [0, 0.1) is 0 Å². The molecule has 4 aromatic carbocycles. The van der Waals surface area contributed by atoms with Gasteiger partial charge in [-0.05, 0) is 36.4 Å². The van der Waals surface area contributed by atoms with Gasteiger partial charge in [0.05, 0.1) is 9.79 Å². The summed E-state index contributed by atoms with van der Waals surface area (Å²) >= 11 is 0. The van der Waals surface area contributed by atoms with E-state index in [0.717, 1.165) is 0 Å². The maximum atomic E-state index is 13.6. The molecule has 6 aromatic rings. The Kier molecular flexibility index (Phi) is 7.24. The minimum absolute atomic E-state index is 0.0244. The third kappa shape index (κ3) is 5.25. The molecule has 2 aromatic heterocycles. The molecule has 0 unspecified atom stereocenters. The van der Waals surface area contributed by atoms with Gasteiger partial charge in [-0.3, -0.25) is 0 Å². The molecule has 0 aliphatic heterocycles. The van der Waals surface area contributed by atoms with Gasteiger partial charge in [-0.1, -0.05) is 97.1 Å². The summed E-state index contributed by atoms with van der Waals surface area (Å²) in [5.41, 5.74) is 1.21. The SMILES string of the molecule is O=S(=O)(c1ccccc1)c1cc(/C=C/c2cc(S(=O)(=O)c3ccccc3)c(-c3ccccc3)o2)oc1-c1ccccc1. The highest BCUT2D eigenvalue weighted by molar-refractivity contribution is 7.92. The first-order valence-electron chi connectivity index (χ1n) is 13.0. The van der Waals surface area contributed by atoms with E-state index in [4.69, 9.17) is 8.83 Å².